The van der Waals surface area contributed by atoms with E-state index in [1.54, 1.807) is 6.20 Å². The Morgan fingerprint density at radius 2 is 2.42 bits per heavy atom. The van der Waals surface area contributed by atoms with Crippen LogP contribution in [0.2, 0.25) is 0 Å². The fraction of sp³-hybridized carbons (Fsp3) is 0.571. The van der Waals surface area contributed by atoms with Crippen LogP contribution in [0.25, 0.3) is 0 Å². The Morgan fingerprint density at radius 3 is 3.11 bits per heavy atom. The molecule has 1 saturated carbocycles. The van der Waals surface area contributed by atoms with Gasteiger partial charge in [-0.2, -0.15) is 0 Å². The van der Waals surface area contributed by atoms with E-state index in [-0.39, 0.29) is 5.84 Å². The summed E-state index contributed by atoms with van der Waals surface area (Å²) in [6.07, 6.45) is 5.62. The summed E-state index contributed by atoms with van der Waals surface area (Å²) in [5.41, 5.74) is 7.13. The van der Waals surface area contributed by atoms with E-state index < -0.39 is 0 Å². The summed E-state index contributed by atoms with van der Waals surface area (Å²) >= 11 is 0. The number of nitrogens with one attached hydrogen (secondary N) is 1. The Hall–Kier alpha value is -1.62. The average molecular weight is 262 g/mol. The lowest BCUT2D eigenvalue weighted by molar-refractivity contribution is 0.318. The van der Waals surface area contributed by atoms with Gasteiger partial charge in [0, 0.05) is 12.7 Å². The zero-order valence-electron chi connectivity index (χ0n) is 11.3. The summed E-state index contributed by atoms with van der Waals surface area (Å²) in [6.45, 7) is 4.04. The van der Waals surface area contributed by atoms with Gasteiger partial charge in [-0.05, 0) is 42.9 Å². The van der Waals surface area contributed by atoms with Gasteiger partial charge < -0.3 is 16.3 Å². The Kier molecular flexibility index (Phi) is 4.74. The molecular formula is C14H22N4O. The quantitative estimate of drug-likeness (QED) is 0.326. The maximum absolute atomic E-state index is 8.74. The minimum absolute atomic E-state index is 0.0619. The van der Waals surface area contributed by atoms with Crippen molar-refractivity contribution in [2.75, 3.05) is 6.54 Å². The predicted molar refractivity (Wildman–Crippen MR) is 75.0 cm³/mol. The Labute approximate surface area is 113 Å². The topological polar surface area (TPSA) is 83.5 Å². The molecule has 4 N–H and O–H groups in total. The van der Waals surface area contributed by atoms with Crippen molar-refractivity contribution in [3.63, 3.8) is 0 Å². The first-order valence-electron chi connectivity index (χ1n) is 6.83. The highest BCUT2D eigenvalue weighted by atomic mass is 16.4. The highest BCUT2D eigenvalue weighted by Gasteiger charge is 2.20. The van der Waals surface area contributed by atoms with E-state index in [0.717, 1.165) is 23.9 Å². The van der Waals surface area contributed by atoms with E-state index in [2.05, 4.69) is 22.4 Å². The number of rotatable bonds is 5. The second-order valence-corrected chi connectivity index (χ2v) is 5.41. The van der Waals surface area contributed by atoms with Crippen LogP contribution in [-0.4, -0.2) is 22.6 Å². The van der Waals surface area contributed by atoms with Gasteiger partial charge in [-0.3, -0.25) is 4.98 Å². The third kappa shape index (κ3) is 3.67. The smallest absolute Gasteiger partial charge is 0.189 e. The number of amidine groups is 1. The number of oxime groups is 1. The predicted octanol–water partition coefficient (Wildman–Crippen LogP) is 1.70. The van der Waals surface area contributed by atoms with Gasteiger partial charge >= 0.3 is 0 Å². The van der Waals surface area contributed by atoms with Crippen molar-refractivity contribution in [1.82, 2.24) is 10.3 Å². The molecule has 0 aromatic carbocycles. The molecule has 19 heavy (non-hydrogen) atoms. The third-order valence-corrected chi connectivity index (χ3v) is 3.79. The fourth-order valence-corrected chi connectivity index (χ4v) is 2.78. The maximum Gasteiger partial charge on any atom is 0.189 e. The number of hydrogen-bond acceptors (Lipinski definition) is 4. The molecule has 1 aromatic heterocycles. The summed E-state index contributed by atoms with van der Waals surface area (Å²) in [5, 5.41) is 15.2. The Balaban J connectivity index is 1.89. The van der Waals surface area contributed by atoms with Crippen molar-refractivity contribution in [2.45, 2.75) is 32.7 Å². The van der Waals surface area contributed by atoms with Crippen molar-refractivity contribution < 1.29 is 5.21 Å². The van der Waals surface area contributed by atoms with E-state index >= 15 is 0 Å². The first-order valence-corrected chi connectivity index (χ1v) is 6.83. The van der Waals surface area contributed by atoms with Crippen LogP contribution in [0.4, 0.5) is 0 Å². The largest absolute Gasteiger partial charge is 0.409 e. The molecular weight excluding hydrogens is 240 g/mol. The highest BCUT2D eigenvalue weighted by molar-refractivity contribution is 5.96. The van der Waals surface area contributed by atoms with Crippen molar-refractivity contribution >= 4 is 5.84 Å². The van der Waals surface area contributed by atoms with Gasteiger partial charge in [0.25, 0.3) is 0 Å². The second kappa shape index (κ2) is 6.52. The minimum Gasteiger partial charge on any atom is -0.409 e. The van der Waals surface area contributed by atoms with Gasteiger partial charge in [0.2, 0.25) is 0 Å². The number of pyridine rings is 1. The average Bonchev–Trinajstić information content (AvgIpc) is 2.84. The molecule has 1 heterocycles. The SMILES string of the molecule is CC1CCC(CNCc2cccnc2/C(N)=N/O)C1. The van der Waals surface area contributed by atoms with Gasteiger partial charge in [-0.25, -0.2) is 0 Å². The summed E-state index contributed by atoms with van der Waals surface area (Å²) in [7, 11) is 0. The molecule has 0 aliphatic heterocycles. The zero-order valence-corrected chi connectivity index (χ0v) is 11.3. The van der Waals surface area contributed by atoms with Crippen LogP contribution in [0.1, 0.15) is 37.4 Å². The summed E-state index contributed by atoms with van der Waals surface area (Å²) in [5.74, 6) is 1.70. The number of nitrogens with two attached hydrogens (primary N) is 1. The molecule has 0 saturated heterocycles. The van der Waals surface area contributed by atoms with Gasteiger partial charge in [0.1, 0.15) is 5.69 Å². The van der Waals surface area contributed by atoms with E-state index in [1.807, 2.05) is 12.1 Å². The molecule has 2 rings (SSSR count). The lowest BCUT2D eigenvalue weighted by Crippen LogP contribution is -2.24. The molecule has 104 valence electrons. The first-order chi connectivity index (χ1) is 9.20. The number of nitrogens with zero attached hydrogens (tertiary/aromatic N) is 2. The molecule has 1 aliphatic rings. The van der Waals surface area contributed by atoms with Gasteiger partial charge in [0.15, 0.2) is 5.84 Å². The lowest BCUT2D eigenvalue weighted by Gasteiger charge is -2.12. The summed E-state index contributed by atoms with van der Waals surface area (Å²) in [6, 6.07) is 3.81. The molecule has 1 fully saturated rings. The molecule has 5 heteroatoms. The molecule has 2 unspecified atom stereocenters. The molecule has 2 atom stereocenters. The van der Waals surface area contributed by atoms with Crippen molar-refractivity contribution in [3.8, 4) is 0 Å². The Morgan fingerprint density at radius 1 is 1.58 bits per heavy atom. The third-order valence-electron chi connectivity index (χ3n) is 3.79. The lowest BCUT2D eigenvalue weighted by atomic mass is 10.1. The highest BCUT2D eigenvalue weighted by Crippen LogP contribution is 2.29. The molecule has 0 spiro atoms. The van der Waals surface area contributed by atoms with Gasteiger partial charge in [-0.1, -0.05) is 24.6 Å². The molecule has 1 aliphatic carbocycles. The normalized spacial score (nSPS) is 23.7. The Bertz CT molecular complexity index is 447. The van der Waals surface area contributed by atoms with Crippen LogP contribution >= 0.6 is 0 Å². The summed E-state index contributed by atoms with van der Waals surface area (Å²) < 4.78 is 0. The molecule has 0 amide bonds. The van der Waals surface area contributed by atoms with E-state index in [1.165, 1.54) is 19.3 Å². The van der Waals surface area contributed by atoms with E-state index in [0.29, 0.717) is 12.2 Å². The summed E-state index contributed by atoms with van der Waals surface area (Å²) in [4.78, 5) is 4.16. The van der Waals surface area contributed by atoms with Gasteiger partial charge in [-0.15, -0.1) is 0 Å². The fourth-order valence-electron chi connectivity index (χ4n) is 2.78. The van der Waals surface area contributed by atoms with E-state index in [9.17, 15) is 0 Å². The van der Waals surface area contributed by atoms with Crippen molar-refractivity contribution in [2.24, 2.45) is 22.7 Å². The molecule has 5 nitrogen and oxygen atoms in total. The number of hydrogen-bond donors (Lipinski definition) is 3. The standard InChI is InChI=1S/C14H22N4O/c1-10-4-5-11(7-10)8-16-9-12-3-2-6-17-13(12)14(15)18-19/h2-3,6,10-11,16,19H,4-5,7-9H2,1H3,(H2,15,18). The van der Waals surface area contributed by atoms with Crippen LogP contribution in [0, 0.1) is 11.8 Å². The maximum atomic E-state index is 8.74. The van der Waals surface area contributed by atoms with E-state index in [4.69, 9.17) is 10.9 Å². The van der Waals surface area contributed by atoms with Crippen LogP contribution in [-0.2, 0) is 6.54 Å². The zero-order chi connectivity index (χ0) is 13.7. The number of aromatic nitrogens is 1. The van der Waals surface area contributed by atoms with Crippen LogP contribution in [0.15, 0.2) is 23.5 Å². The molecule has 0 radical (unpaired) electrons. The van der Waals surface area contributed by atoms with Crippen LogP contribution < -0.4 is 11.1 Å². The van der Waals surface area contributed by atoms with Crippen LogP contribution in [0.3, 0.4) is 0 Å². The van der Waals surface area contributed by atoms with Crippen LogP contribution in [0.5, 0.6) is 0 Å². The monoisotopic (exact) mass is 262 g/mol. The first kappa shape index (κ1) is 13.8. The van der Waals surface area contributed by atoms with Gasteiger partial charge in [0.05, 0.1) is 0 Å². The molecule has 0 bridgehead atoms. The molecule has 1 aromatic rings. The van der Waals surface area contributed by atoms with Crippen molar-refractivity contribution in [3.05, 3.63) is 29.6 Å². The van der Waals surface area contributed by atoms with Crippen molar-refractivity contribution in [1.29, 1.82) is 0 Å². The minimum atomic E-state index is 0.0619. The second-order valence-electron chi connectivity index (χ2n) is 5.41.